The van der Waals surface area contributed by atoms with Crippen LogP contribution in [0.4, 0.5) is 0 Å². The number of carbonyl (C=O) groups excluding carboxylic acids is 2. The number of fused-ring (bicyclic) bond motifs is 2. The molecule has 5 rings (SSSR count). The Labute approximate surface area is 396 Å². The Morgan fingerprint density at radius 3 is 1.58 bits per heavy atom. The van der Waals surface area contributed by atoms with E-state index in [2.05, 4.69) is 73.7 Å². The lowest BCUT2D eigenvalue weighted by atomic mass is 9.88. The molecule has 0 bridgehead atoms. The van der Waals surface area contributed by atoms with Crippen molar-refractivity contribution in [3.05, 3.63) is 72.3 Å². The molecule has 0 aliphatic heterocycles. The maximum Gasteiger partial charge on any atom is 0.306 e. The summed E-state index contributed by atoms with van der Waals surface area (Å²) < 4.78 is 34.2. The van der Waals surface area contributed by atoms with E-state index in [9.17, 15) is 19.0 Å². The van der Waals surface area contributed by atoms with Crippen LogP contribution < -0.4 is 4.89 Å². The van der Waals surface area contributed by atoms with Gasteiger partial charge in [-0.25, -0.2) is 0 Å². The average Bonchev–Trinajstić information content (AvgIpc) is 3.29. The number of nitrogens with zero attached hydrogens (tertiary/aromatic N) is 1. The van der Waals surface area contributed by atoms with Crippen molar-refractivity contribution in [2.45, 2.75) is 174 Å². The first-order valence-corrected chi connectivity index (χ1v) is 27.2. The van der Waals surface area contributed by atoms with Crippen LogP contribution in [0.25, 0.3) is 43.1 Å². The molecule has 0 aliphatic rings. The lowest BCUT2D eigenvalue weighted by Gasteiger charge is -2.28. The quantitative estimate of drug-likeness (QED) is 0.00975. The summed E-state index contributed by atoms with van der Waals surface area (Å²) in [6.07, 6.45) is 26.1. The fourth-order valence-corrected chi connectivity index (χ4v) is 9.97. The van der Waals surface area contributed by atoms with E-state index >= 15 is 0 Å². The summed E-state index contributed by atoms with van der Waals surface area (Å²) in [4.78, 5) is 37.9. The Bertz CT molecular complexity index is 2230. The fraction of sp³-hybridized carbons (Fsp3) is 0.607. The second-order valence-corrected chi connectivity index (χ2v) is 21.2. The number of rotatable bonds is 36. The van der Waals surface area contributed by atoms with Crippen molar-refractivity contribution in [2.24, 2.45) is 0 Å². The Balaban J connectivity index is 0.942. The molecule has 0 heterocycles. The minimum atomic E-state index is -4.65. The van der Waals surface area contributed by atoms with Crippen LogP contribution in [0.2, 0.25) is 0 Å². The number of likely N-dealkylation sites (N-methyl/N-ethyl adjacent to an activating group) is 1. The van der Waals surface area contributed by atoms with E-state index < -0.39 is 26.5 Å². The highest BCUT2D eigenvalue weighted by molar-refractivity contribution is 7.45. The predicted molar refractivity (Wildman–Crippen MR) is 271 cm³/mol. The smallest absolute Gasteiger partial charge is 0.306 e. The van der Waals surface area contributed by atoms with Crippen molar-refractivity contribution >= 4 is 62.9 Å². The number of aryl methyl sites for hydroxylation is 1. The van der Waals surface area contributed by atoms with Gasteiger partial charge in [0.25, 0.3) is 7.82 Å². The number of hydrogen-bond acceptors (Lipinski definition) is 8. The van der Waals surface area contributed by atoms with E-state index in [1.807, 2.05) is 21.1 Å². The third-order valence-corrected chi connectivity index (χ3v) is 14.0. The normalized spacial score (nSPS) is 13.5. The molecule has 0 radical (unpaired) electrons. The Morgan fingerprint density at radius 2 is 1.03 bits per heavy atom. The van der Waals surface area contributed by atoms with Crippen LogP contribution in [0.5, 0.6) is 0 Å². The van der Waals surface area contributed by atoms with Crippen molar-refractivity contribution in [3.8, 4) is 0 Å². The summed E-state index contributed by atoms with van der Waals surface area (Å²) in [7, 11) is 1.15. The molecule has 1 unspecified atom stereocenters. The van der Waals surface area contributed by atoms with E-state index in [-0.39, 0.29) is 32.0 Å². The summed E-state index contributed by atoms with van der Waals surface area (Å²) in [5, 5.41) is 10.7. The average molecular weight is 928 g/mol. The zero-order valence-corrected chi connectivity index (χ0v) is 42.0. The number of unbranched alkanes of at least 4 members (excludes halogenated alkanes) is 20. The standard InChI is InChI=1S/C56H82NO8P/c1-5-6-7-8-9-10-11-12-13-16-19-22-25-37-53(58)62-43-48(44-64-66(60,61)63-40-39-57(2,3)4)65-54(59)38-26-23-20-17-14-15-18-21-24-30-45-41-47-33-29-35-50-49-34-27-31-46-32-28-36-51(55(46)49)52(42-45)56(47)50/h27-29,31-36,41-42,48H,5-26,30,37-40,43-44H2,1-4H3/t48-/m1/s1. The number of phosphoric acid groups is 1. The van der Waals surface area contributed by atoms with Gasteiger partial charge >= 0.3 is 11.9 Å². The molecular weight excluding hydrogens is 846 g/mol. The molecule has 0 N–H and O–H groups in total. The molecule has 5 aromatic carbocycles. The third kappa shape index (κ3) is 18.8. The van der Waals surface area contributed by atoms with Gasteiger partial charge in [-0.2, -0.15) is 0 Å². The minimum absolute atomic E-state index is 0.0373. The second kappa shape index (κ2) is 28.7. The summed E-state index contributed by atoms with van der Waals surface area (Å²) in [6, 6.07) is 24.9. The summed E-state index contributed by atoms with van der Waals surface area (Å²) in [6.45, 7) is 1.94. The molecule has 0 spiro atoms. The van der Waals surface area contributed by atoms with Crippen LogP contribution in [0.15, 0.2) is 66.7 Å². The molecule has 0 fully saturated rings. The zero-order chi connectivity index (χ0) is 47.0. The maximum absolute atomic E-state index is 12.9. The van der Waals surface area contributed by atoms with Gasteiger partial charge < -0.3 is 27.9 Å². The van der Waals surface area contributed by atoms with Crippen molar-refractivity contribution < 1.29 is 42.1 Å². The largest absolute Gasteiger partial charge is 0.756 e. The number of ether oxygens (including phenoxy) is 2. The van der Waals surface area contributed by atoms with Gasteiger partial charge in [0.1, 0.15) is 19.8 Å². The van der Waals surface area contributed by atoms with Gasteiger partial charge in [-0.3, -0.25) is 14.2 Å². The first kappa shape index (κ1) is 53.4. The molecule has 0 aliphatic carbocycles. The van der Waals surface area contributed by atoms with Crippen LogP contribution in [0, 0.1) is 0 Å². The molecular formula is C56H82NO8P. The topological polar surface area (TPSA) is 111 Å². The van der Waals surface area contributed by atoms with E-state index in [1.165, 1.54) is 145 Å². The van der Waals surface area contributed by atoms with Gasteiger partial charge in [-0.15, -0.1) is 0 Å². The van der Waals surface area contributed by atoms with Gasteiger partial charge in [0, 0.05) is 12.8 Å². The number of hydrogen-bond donors (Lipinski definition) is 0. The van der Waals surface area contributed by atoms with Crippen LogP contribution in [0.1, 0.15) is 167 Å². The van der Waals surface area contributed by atoms with Gasteiger partial charge in [0.05, 0.1) is 27.7 Å². The molecule has 9 nitrogen and oxygen atoms in total. The first-order chi connectivity index (χ1) is 31.9. The molecule has 0 saturated carbocycles. The summed E-state index contributed by atoms with van der Waals surface area (Å²) >= 11 is 0. The second-order valence-electron chi connectivity index (χ2n) is 19.8. The number of esters is 2. The molecule has 10 heteroatoms. The number of quaternary nitrogens is 1. The lowest BCUT2D eigenvalue weighted by molar-refractivity contribution is -0.870. The van der Waals surface area contributed by atoms with E-state index in [1.54, 1.807) is 0 Å². The molecule has 0 aromatic heterocycles. The monoisotopic (exact) mass is 928 g/mol. The summed E-state index contributed by atoms with van der Waals surface area (Å²) in [5.74, 6) is -0.845. The van der Waals surface area contributed by atoms with Crippen LogP contribution in [-0.2, 0) is 39.1 Å². The van der Waals surface area contributed by atoms with Crippen LogP contribution >= 0.6 is 7.82 Å². The first-order valence-electron chi connectivity index (χ1n) is 25.8. The molecule has 5 aromatic rings. The highest BCUT2D eigenvalue weighted by atomic mass is 31.2. The van der Waals surface area contributed by atoms with Crippen molar-refractivity contribution in [3.63, 3.8) is 0 Å². The van der Waals surface area contributed by atoms with Crippen molar-refractivity contribution in [2.75, 3.05) is 47.5 Å². The van der Waals surface area contributed by atoms with E-state index in [0.717, 1.165) is 44.9 Å². The van der Waals surface area contributed by atoms with Gasteiger partial charge in [0.15, 0.2) is 6.10 Å². The molecule has 66 heavy (non-hydrogen) atoms. The highest BCUT2D eigenvalue weighted by Crippen LogP contribution is 2.41. The Kier molecular flexibility index (Phi) is 23.2. The predicted octanol–water partition coefficient (Wildman–Crippen LogP) is 14.3. The third-order valence-electron chi connectivity index (χ3n) is 13.0. The van der Waals surface area contributed by atoms with Crippen LogP contribution in [0.3, 0.4) is 0 Å². The van der Waals surface area contributed by atoms with Crippen LogP contribution in [-0.4, -0.2) is 70.0 Å². The molecule has 0 saturated heterocycles. The SMILES string of the molecule is CCCCCCCCCCCCCCCC(=O)OC[C@H](COP(=O)([O-])OCC[N+](C)(C)C)OC(=O)CCCCCCCCCCCc1cc2cccc3c4cccc5cccc(c(c1)c23)c54. The van der Waals surface area contributed by atoms with E-state index in [4.69, 9.17) is 18.5 Å². The lowest BCUT2D eigenvalue weighted by Crippen LogP contribution is -2.37. The molecule has 364 valence electrons. The fourth-order valence-electron chi connectivity index (χ4n) is 9.24. The highest BCUT2D eigenvalue weighted by Gasteiger charge is 2.22. The van der Waals surface area contributed by atoms with Gasteiger partial charge in [-0.1, -0.05) is 196 Å². The number of benzene rings is 5. The Hall–Kier alpha value is -3.59. The zero-order valence-electron chi connectivity index (χ0n) is 41.1. The minimum Gasteiger partial charge on any atom is -0.756 e. The Morgan fingerprint density at radius 1 is 0.561 bits per heavy atom. The van der Waals surface area contributed by atoms with Crippen molar-refractivity contribution in [1.82, 2.24) is 0 Å². The van der Waals surface area contributed by atoms with E-state index in [0.29, 0.717) is 17.4 Å². The van der Waals surface area contributed by atoms with Gasteiger partial charge in [-0.05, 0) is 74.3 Å². The number of carbonyl (C=O) groups is 2. The molecule has 2 atom stereocenters. The van der Waals surface area contributed by atoms with Gasteiger partial charge in [0.2, 0.25) is 0 Å². The van der Waals surface area contributed by atoms with Crippen molar-refractivity contribution in [1.29, 1.82) is 0 Å². The number of phosphoric ester groups is 1. The summed E-state index contributed by atoms with van der Waals surface area (Å²) in [5.41, 5.74) is 1.41. The maximum atomic E-state index is 12.9. The molecule has 0 amide bonds.